The van der Waals surface area contributed by atoms with E-state index in [1.807, 2.05) is 24.3 Å². The maximum atomic E-state index is 11.9. The van der Waals surface area contributed by atoms with Gasteiger partial charge in [0.25, 0.3) is 5.91 Å². The first-order chi connectivity index (χ1) is 11.5. The van der Waals surface area contributed by atoms with Gasteiger partial charge in [0.15, 0.2) is 6.61 Å². The molecule has 2 aromatic carbocycles. The van der Waals surface area contributed by atoms with E-state index in [2.05, 4.69) is 19.2 Å². The molecule has 1 amide bonds. The van der Waals surface area contributed by atoms with E-state index in [1.54, 1.807) is 18.2 Å². The van der Waals surface area contributed by atoms with Crippen molar-refractivity contribution in [3.63, 3.8) is 0 Å². The highest BCUT2D eigenvalue weighted by atomic mass is 35.5. The molecule has 24 heavy (non-hydrogen) atoms. The number of hydrogen-bond donors (Lipinski definition) is 1. The van der Waals surface area contributed by atoms with Gasteiger partial charge in [-0.3, -0.25) is 4.79 Å². The maximum absolute atomic E-state index is 11.9. The molecule has 5 heteroatoms. The first-order valence-electron chi connectivity index (χ1n) is 7.82. The molecule has 0 aliphatic rings. The number of rotatable bonds is 6. The number of benzene rings is 2. The molecule has 0 spiro atoms. The van der Waals surface area contributed by atoms with E-state index in [0.717, 1.165) is 6.42 Å². The predicted molar refractivity (Wildman–Crippen MR) is 95.5 cm³/mol. The molecule has 0 aliphatic carbocycles. The number of hydrogen-bond acceptors (Lipinski definition) is 3. The van der Waals surface area contributed by atoms with Crippen LogP contribution in [0.4, 0.5) is 5.69 Å². The second-order valence-corrected chi connectivity index (χ2v) is 6.00. The maximum Gasteiger partial charge on any atom is 0.338 e. The van der Waals surface area contributed by atoms with Crippen LogP contribution in [0.2, 0.25) is 5.02 Å². The van der Waals surface area contributed by atoms with Crippen LogP contribution >= 0.6 is 11.6 Å². The third-order valence-corrected chi connectivity index (χ3v) is 4.01. The third-order valence-electron chi connectivity index (χ3n) is 3.77. The monoisotopic (exact) mass is 345 g/mol. The molecular weight excluding hydrogens is 326 g/mol. The van der Waals surface area contributed by atoms with E-state index in [-0.39, 0.29) is 12.5 Å². The molecule has 0 unspecified atom stereocenters. The Labute approximate surface area is 146 Å². The van der Waals surface area contributed by atoms with Crippen molar-refractivity contribution in [3.8, 4) is 0 Å². The van der Waals surface area contributed by atoms with Gasteiger partial charge in [-0.1, -0.05) is 43.6 Å². The van der Waals surface area contributed by atoms with Gasteiger partial charge in [-0.05, 0) is 48.2 Å². The fraction of sp³-hybridized carbons (Fsp3) is 0.263. The summed E-state index contributed by atoms with van der Waals surface area (Å²) in [4.78, 5) is 23.7. The lowest BCUT2D eigenvalue weighted by atomic mass is 9.99. The molecule has 0 bridgehead atoms. The largest absolute Gasteiger partial charge is 0.452 e. The summed E-state index contributed by atoms with van der Waals surface area (Å²) in [6, 6.07) is 14.1. The normalized spacial score (nSPS) is 11.6. The molecule has 2 aromatic rings. The molecule has 126 valence electrons. The second kappa shape index (κ2) is 8.50. The lowest BCUT2D eigenvalue weighted by molar-refractivity contribution is -0.119. The molecule has 0 aliphatic heterocycles. The molecule has 4 nitrogen and oxygen atoms in total. The number of halogens is 1. The molecule has 0 saturated carbocycles. The van der Waals surface area contributed by atoms with Crippen LogP contribution in [0.15, 0.2) is 48.5 Å². The van der Waals surface area contributed by atoms with Gasteiger partial charge >= 0.3 is 5.97 Å². The zero-order chi connectivity index (χ0) is 17.5. The zero-order valence-corrected chi connectivity index (χ0v) is 14.5. The lowest BCUT2D eigenvalue weighted by Crippen LogP contribution is -2.20. The van der Waals surface area contributed by atoms with Gasteiger partial charge in [-0.25, -0.2) is 4.79 Å². The lowest BCUT2D eigenvalue weighted by Gasteiger charge is -2.10. The van der Waals surface area contributed by atoms with E-state index >= 15 is 0 Å². The number of carbonyl (C=O) groups is 2. The molecule has 0 radical (unpaired) electrons. The van der Waals surface area contributed by atoms with Crippen molar-refractivity contribution in [1.82, 2.24) is 0 Å². The van der Waals surface area contributed by atoms with Crippen molar-refractivity contribution in [2.45, 2.75) is 26.2 Å². The predicted octanol–water partition coefficient (Wildman–Crippen LogP) is 4.65. The second-order valence-electron chi connectivity index (χ2n) is 5.57. The number of esters is 1. The van der Waals surface area contributed by atoms with Gasteiger partial charge in [-0.15, -0.1) is 0 Å². The fourth-order valence-electron chi connectivity index (χ4n) is 2.16. The van der Waals surface area contributed by atoms with Crippen LogP contribution < -0.4 is 5.32 Å². The summed E-state index contributed by atoms with van der Waals surface area (Å²) >= 11 is 5.82. The summed E-state index contributed by atoms with van der Waals surface area (Å²) in [5, 5.41) is 3.14. The minimum Gasteiger partial charge on any atom is -0.452 e. The molecule has 0 fully saturated rings. The molecular formula is C19H20ClNO3. The van der Waals surface area contributed by atoms with Gasteiger partial charge in [-0.2, -0.15) is 0 Å². The van der Waals surface area contributed by atoms with Gasteiger partial charge in [0, 0.05) is 10.7 Å². The standard InChI is InChI=1S/C19H20ClNO3/c1-3-13(2)14-7-9-17(10-8-14)21-18(22)12-24-19(23)15-5-4-6-16(20)11-15/h4-11,13H,3,12H2,1-2H3,(H,21,22)/t13-/m1/s1. The van der Waals surface area contributed by atoms with E-state index in [1.165, 1.54) is 11.6 Å². The smallest absolute Gasteiger partial charge is 0.338 e. The summed E-state index contributed by atoms with van der Waals surface area (Å²) in [6.07, 6.45) is 1.06. The highest BCUT2D eigenvalue weighted by Crippen LogP contribution is 2.20. The Kier molecular flexibility index (Phi) is 6.38. The molecule has 0 saturated heterocycles. The summed E-state index contributed by atoms with van der Waals surface area (Å²) in [7, 11) is 0. The Morgan fingerprint density at radius 3 is 2.50 bits per heavy atom. The number of ether oxygens (including phenoxy) is 1. The number of carbonyl (C=O) groups excluding carboxylic acids is 2. The van der Waals surface area contributed by atoms with Crippen molar-refractivity contribution in [2.75, 3.05) is 11.9 Å². The molecule has 1 atom stereocenters. The molecule has 1 N–H and O–H groups in total. The van der Waals surface area contributed by atoms with Crippen LogP contribution in [0.25, 0.3) is 0 Å². The summed E-state index contributed by atoms with van der Waals surface area (Å²) < 4.78 is 4.99. The van der Waals surface area contributed by atoms with E-state index in [4.69, 9.17) is 16.3 Å². The van der Waals surface area contributed by atoms with Crippen LogP contribution in [-0.4, -0.2) is 18.5 Å². The minimum atomic E-state index is -0.584. The minimum absolute atomic E-state index is 0.313. The van der Waals surface area contributed by atoms with Crippen LogP contribution in [0.3, 0.4) is 0 Å². The third kappa shape index (κ3) is 5.10. The number of anilines is 1. The van der Waals surface area contributed by atoms with Crippen molar-refractivity contribution in [2.24, 2.45) is 0 Å². The fourth-order valence-corrected chi connectivity index (χ4v) is 2.35. The van der Waals surface area contributed by atoms with Crippen molar-refractivity contribution in [1.29, 1.82) is 0 Å². The SMILES string of the molecule is CC[C@@H](C)c1ccc(NC(=O)COC(=O)c2cccc(Cl)c2)cc1. The van der Waals surface area contributed by atoms with Gasteiger partial charge in [0.2, 0.25) is 0 Å². The molecule has 2 rings (SSSR count). The van der Waals surface area contributed by atoms with Crippen molar-refractivity contribution in [3.05, 3.63) is 64.7 Å². The zero-order valence-electron chi connectivity index (χ0n) is 13.7. The Hall–Kier alpha value is -2.33. The summed E-state index contributed by atoms with van der Waals surface area (Å²) in [5.41, 5.74) is 2.21. The first-order valence-corrected chi connectivity index (χ1v) is 8.20. The van der Waals surface area contributed by atoms with E-state index < -0.39 is 5.97 Å². The number of amides is 1. The average molecular weight is 346 g/mol. The quantitative estimate of drug-likeness (QED) is 0.775. The highest BCUT2D eigenvalue weighted by molar-refractivity contribution is 6.30. The number of nitrogens with one attached hydrogen (secondary N) is 1. The van der Waals surface area contributed by atoms with Crippen LogP contribution in [0, 0.1) is 0 Å². The molecule has 0 aromatic heterocycles. The Bertz CT molecular complexity index is 713. The van der Waals surface area contributed by atoms with Crippen molar-refractivity contribution >= 4 is 29.2 Å². The molecule has 0 heterocycles. The van der Waals surface area contributed by atoms with Crippen molar-refractivity contribution < 1.29 is 14.3 Å². The average Bonchev–Trinajstić information content (AvgIpc) is 2.59. The summed E-state index contributed by atoms with van der Waals surface area (Å²) in [6.45, 7) is 3.94. The Morgan fingerprint density at radius 1 is 1.17 bits per heavy atom. The highest BCUT2D eigenvalue weighted by Gasteiger charge is 2.11. The van der Waals surface area contributed by atoms with Gasteiger partial charge < -0.3 is 10.1 Å². The van der Waals surface area contributed by atoms with Gasteiger partial charge in [0.05, 0.1) is 5.56 Å². The summed E-state index contributed by atoms with van der Waals surface area (Å²) in [5.74, 6) is -0.491. The Balaban J connectivity index is 1.86. The Morgan fingerprint density at radius 2 is 1.88 bits per heavy atom. The van der Waals surface area contributed by atoms with Crippen LogP contribution in [0.5, 0.6) is 0 Å². The van der Waals surface area contributed by atoms with Crippen LogP contribution in [-0.2, 0) is 9.53 Å². The topological polar surface area (TPSA) is 55.4 Å². The van der Waals surface area contributed by atoms with E-state index in [9.17, 15) is 9.59 Å². The van der Waals surface area contributed by atoms with Gasteiger partial charge in [0.1, 0.15) is 0 Å². The van der Waals surface area contributed by atoms with E-state index in [0.29, 0.717) is 22.2 Å². The first kappa shape index (κ1) is 18.0. The van der Waals surface area contributed by atoms with Crippen LogP contribution in [0.1, 0.15) is 42.1 Å².